The number of aromatic nitrogens is 2. The molecular weight excluding hydrogens is 202 g/mol. The molecule has 1 aliphatic heterocycles. The van der Waals surface area contributed by atoms with Crippen LogP contribution >= 0.6 is 0 Å². The molecule has 0 saturated carbocycles. The summed E-state index contributed by atoms with van der Waals surface area (Å²) in [6.45, 7) is 7.84. The predicted octanol–water partition coefficient (Wildman–Crippen LogP) is 1.93. The van der Waals surface area contributed by atoms with E-state index in [2.05, 4.69) is 22.2 Å². The van der Waals surface area contributed by atoms with E-state index in [9.17, 15) is 0 Å². The molecule has 1 saturated heterocycles. The molecule has 0 bridgehead atoms. The van der Waals surface area contributed by atoms with E-state index in [0.29, 0.717) is 12.0 Å². The van der Waals surface area contributed by atoms with Gasteiger partial charge >= 0.3 is 0 Å². The summed E-state index contributed by atoms with van der Waals surface area (Å²) < 4.78 is 5.39. The van der Waals surface area contributed by atoms with Crippen LogP contribution in [-0.2, 0) is 4.74 Å². The molecule has 1 N–H and O–H groups in total. The molecule has 0 radical (unpaired) electrons. The summed E-state index contributed by atoms with van der Waals surface area (Å²) in [5, 5.41) is 3.43. The summed E-state index contributed by atoms with van der Waals surface area (Å²) >= 11 is 0. The van der Waals surface area contributed by atoms with Crippen molar-refractivity contribution in [2.75, 3.05) is 18.5 Å². The molecule has 0 amide bonds. The summed E-state index contributed by atoms with van der Waals surface area (Å²) in [7, 11) is 0. The van der Waals surface area contributed by atoms with Gasteiger partial charge in [0, 0.05) is 30.3 Å². The zero-order chi connectivity index (χ0) is 11.5. The SMILES string of the molecule is Cc1cc(NC(C)C2CCOC2)nc(C)n1. The second-order valence-electron chi connectivity index (χ2n) is 4.50. The molecule has 4 heteroatoms. The standard InChI is InChI=1S/C12H19N3O/c1-8-6-12(15-10(3)13-8)14-9(2)11-4-5-16-7-11/h6,9,11H,4-5,7H2,1-3H3,(H,13,14,15). The molecule has 1 fully saturated rings. The van der Waals surface area contributed by atoms with Crippen LogP contribution in [0.15, 0.2) is 6.07 Å². The lowest BCUT2D eigenvalue weighted by molar-refractivity contribution is 0.183. The van der Waals surface area contributed by atoms with Crippen LogP contribution in [0.4, 0.5) is 5.82 Å². The maximum atomic E-state index is 5.39. The summed E-state index contributed by atoms with van der Waals surface area (Å²) in [5.74, 6) is 2.33. The monoisotopic (exact) mass is 221 g/mol. The molecule has 1 aliphatic rings. The summed E-state index contributed by atoms with van der Waals surface area (Å²) in [5.41, 5.74) is 1.00. The van der Waals surface area contributed by atoms with Gasteiger partial charge in [0.2, 0.25) is 0 Å². The zero-order valence-electron chi connectivity index (χ0n) is 10.2. The predicted molar refractivity (Wildman–Crippen MR) is 63.5 cm³/mol. The van der Waals surface area contributed by atoms with Crippen LogP contribution in [0.3, 0.4) is 0 Å². The van der Waals surface area contributed by atoms with Gasteiger partial charge in [-0.1, -0.05) is 0 Å². The second kappa shape index (κ2) is 4.78. The van der Waals surface area contributed by atoms with Crippen molar-refractivity contribution in [1.29, 1.82) is 0 Å². The largest absolute Gasteiger partial charge is 0.381 e. The van der Waals surface area contributed by atoms with Crippen LogP contribution in [-0.4, -0.2) is 29.2 Å². The lowest BCUT2D eigenvalue weighted by Gasteiger charge is -2.20. The molecule has 16 heavy (non-hydrogen) atoms. The topological polar surface area (TPSA) is 47.0 Å². The van der Waals surface area contributed by atoms with Gasteiger partial charge in [-0.15, -0.1) is 0 Å². The van der Waals surface area contributed by atoms with Crippen LogP contribution in [0, 0.1) is 19.8 Å². The third kappa shape index (κ3) is 2.70. The fourth-order valence-electron chi connectivity index (χ4n) is 2.09. The first-order chi connectivity index (χ1) is 7.65. The fourth-order valence-corrected chi connectivity index (χ4v) is 2.09. The van der Waals surface area contributed by atoms with Gasteiger partial charge in [0.25, 0.3) is 0 Å². The normalized spacial score (nSPS) is 22.1. The van der Waals surface area contributed by atoms with Crippen LogP contribution in [0.25, 0.3) is 0 Å². The molecule has 0 aromatic carbocycles. The highest BCUT2D eigenvalue weighted by Gasteiger charge is 2.22. The van der Waals surface area contributed by atoms with E-state index in [4.69, 9.17) is 4.74 Å². The highest BCUT2D eigenvalue weighted by molar-refractivity contribution is 5.36. The number of hydrogen-bond donors (Lipinski definition) is 1. The fraction of sp³-hybridized carbons (Fsp3) is 0.667. The Labute approximate surface area is 96.4 Å². The minimum absolute atomic E-state index is 0.399. The smallest absolute Gasteiger partial charge is 0.130 e. The minimum Gasteiger partial charge on any atom is -0.381 e. The van der Waals surface area contributed by atoms with E-state index in [0.717, 1.165) is 37.0 Å². The van der Waals surface area contributed by atoms with Crippen LogP contribution < -0.4 is 5.32 Å². The molecule has 88 valence electrons. The van der Waals surface area contributed by atoms with Crippen molar-refractivity contribution in [2.45, 2.75) is 33.2 Å². The van der Waals surface area contributed by atoms with Gasteiger partial charge in [0.1, 0.15) is 11.6 Å². The van der Waals surface area contributed by atoms with Gasteiger partial charge in [0.05, 0.1) is 6.61 Å². The third-order valence-corrected chi connectivity index (χ3v) is 3.01. The van der Waals surface area contributed by atoms with Gasteiger partial charge in [-0.05, 0) is 27.2 Å². The lowest BCUT2D eigenvalue weighted by Crippen LogP contribution is -2.26. The van der Waals surface area contributed by atoms with Crippen molar-refractivity contribution in [1.82, 2.24) is 9.97 Å². The second-order valence-corrected chi connectivity index (χ2v) is 4.50. The van der Waals surface area contributed by atoms with Crippen molar-refractivity contribution in [3.63, 3.8) is 0 Å². The first-order valence-corrected chi connectivity index (χ1v) is 5.81. The van der Waals surface area contributed by atoms with Crippen LogP contribution in [0.5, 0.6) is 0 Å². The van der Waals surface area contributed by atoms with Gasteiger partial charge in [-0.2, -0.15) is 0 Å². The maximum absolute atomic E-state index is 5.39. The summed E-state index contributed by atoms with van der Waals surface area (Å²) in [6.07, 6.45) is 1.14. The van der Waals surface area contributed by atoms with E-state index in [1.165, 1.54) is 0 Å². The molecule has 0 spiro atoms. The molecule has 4 nitrogen and oxygen atoms in total. The molecule has 2 unspecified atom stereocenters. The Bertz CT molecular complexity index is 341. The number of nitrogens with one attached hydrogen (secondary N) is 1. The highest BCUT2D eigenvalue weighted by atomic mass is 16.5. The van der Waals surface area contributed by atoms with E-state index >= 15 is 0 Å². The average molecular weight is 221 g/mol. The number of hydrogen-bond acceptors (Lipinski definition) is 4. The Morgan fingerprint density at radius 3 is 2.88 bits per heavy atom. The molecule has 1 aromatic heterocycles. The number of ether oxygens (including phenoxy) is 1. The summed E-state index contributed by atoms with van der Waals surface area (Å²) in [4.78, 5) is 8.65. The molecule has 2 rings (SSSR count). The number of aryl methyl sites for hydroxylation is 2. The molecular formula is C12H19N3O. The van der Waals surface area contributed by atoms with Crippen molar-refractivity contribution >= 4 is 5.82 Å². The third-order valence-electron chi connectivity index (χ3n) is 3.01. The molecule has 0 aliphatic carbocycles. The number of anilines is 1. The van der Waals surface area contributed by atoms with Crippen molar-refractivity contribution in [2.24, 2.45) is 5.92 Å². The van der Waals surface area contributed by atoms with Crippen LogP contribution in [0.1, 0.15) is 24.9 Å². The van der Waals surface area contributed by atoms with Crippen molar-refractivity contribution < 1.29 is 4.74 Å². The summed E-state index contributed by atoms with van der Waals surface area (Å²) in [6, 6.07) is 2.38. The Morgan fingerprint density at radius 1 is 1.44 bits per heavy atom. The van der Waals surface area contributed by atoms with Crippen molar-refractivity contribution in [3.8, 4) is 0 Å². The number of rotatable bonds is 3. The first-order valence-electron chi connectivity index (χ1n) is 5.81. The van der Waals surface area contributed by atoms with E-state index in [1.54, 1.807) is 0 Å². The van der Waals surface area contributed by atoms with Crippen molar-refractivity contribution in [3.05, 3.63) is 17.6 Å². The molecule has 2 heterocycles. The first kappa shape index (κ1) is 11.3. The highest BCUT2D eigenvalue weighted by Crippen LogP contribution is 2.19. The molecule has 2 atom stereocenters. The van der Waals surface area contributed by atoms with Crippen LogP contribution in [0.2, 0.25) is 0 Å². The zero-order valence-corrected chi connectivity index (χ0v) is 10.2. The van der Waals surface area contributed by atoms with Gasteiger partial charge < -0.3 is 10.1 Å². The Balaban J connectivity index is 2.02. The van der Waals surface area contributed by atoms with Gasteiger partial charge in [-0.25, -0.2) is 9.97 Å². The Morgan fingerprint density at radius 2 is 2.25 bits per heavy atom. The van der Waals surface area contributed by atoms with Gasteiger partial charge in [-0.3, -0.25) is 0 Å². The lowest BCUT2D eigenvalue weighted by atomic mass is 10.0. The Hall–Kier alpha value is -1.16. The minimum atomic E-state index is 0.399. The molecule has 1 aromatic rings. The average Bonchev–Trinajstić information content (AvgIpc) is 2.68. The van der Waals surface area contributed by atoms with E-state index in [-0.39, 0.29) is 0 Å². The van der Waals surface area contributed by atoms with Gasteiger partial charge in [0.15, 0.2) is 0 Å². The van der Waals surface area contributed by atoms with E-state index < -0.39 is 0 Å². The Kier molecular flexibility index (Phi) is 3.39. The number of nitrogens with zero attached hydrogens (tertiary/aromatic N) is 2. The van der Waals surface area contributed by atoms with E-state index in [1.807, 2.05) is 19.9 Å². The maximum Gasteiger partial charge on any atom is 0.130 e. The quantitative estimate of drug-likeness (QED) is 0.847.